The van der Waals surface area contributed by atoms with Crippen molar-refractivity contribution < 1.29 is 19.0 Å². The zero-order valence-corrected chi connectivity index (χ0v) is 14.6. The van der Waals surface area contributed by atoms with Crippen molar-refractivity contribution in [2.45, 2.75) is 57.8 Å². The van der Waals surface area contributed by atoms with Gasteiger partial charge in [0.25, 0.3) is 0 Å². The molecule has 1 saturated heterocycles. The van der Waals surface area contributed by atoms with E-state index in [9.17, 15) is 4.79 Å². The Bertz CT molecular complexity index is 599. The van der Waals surface area contributed by atoms with Crippen LogP contribution in [0.1, 0.15) is 51.7 Å². The fourth-order valence-electron chi connectivity index (χ4n) is 3.64. The van der Waals surface area contributed by atoms with E-state index >= 15 is 0 Å². The van der Waals surface area contributed by atoms with Crippen molar-refractivity contribution in [1.82, 2.24) is 0 Å². The number of esters is 1. The van der Waals surface area contributed by atoms with Gasteiger partial charge in [0, 0.05) is 16.5 Å². The van der Waals surface area contributed by atoms with E-state index in [0.717, 1.165) is 24.2 Å². The second-order valence-corrected chi connectivity index (χ2v) is 7.20. The lowest BCUT2D eigenvalue weighted by Gasteiger charge is -2.48. The lowest BCUT2D eigenvalue weighted by molar-refractivity contribution is -0.165. The molecule has 3 atom stereocenters. The average molecular weight is 339 g/mol. The summed E-state index contributed by atoms with van der Waals surface area (Å²) in [5.74, 6) is 0.859. The van der Waals surface area contributed by atoms with Gasteiger partial charge in [0.1, 0.15) is 11.4 Å². The Hall–Kier alpha value is -1.26. The summed E-state index contributed by atoms with van der Waals surface area (Å²) < 4.78 is 17.5. The summed E-state index contributed by atoms with van der Waals surface area (Å²) in [4.78, 5) is 11.8. The van der Waals surface area contributed by atoms with Crippen LogP contribution < -0.4 is 4.74 Å². The highest BCUT2D eigenvalue weighted by molar-refractivity contribution is 6.30. The highest BCUT2D eigenvalue weighted by Gasteiger charge is 2.47. The minimum atomic E-state index is -0.305. The van der Waals surface area contributed by atoms with E-state index in [4.69, 9.17) is 25.8 Å². The third-order valence-electron chi connectivity index (χ3n) is 4.75. The van der Waals surface area contributed by atoms with Gasteiger partial charge in [-0.25, -0.2) is 0 Å². The molecule has 1 fully saturated rings. The first kappa shape index (κ1) is 16.6. The van der Waals surface area contributed by atoms with Crippen molar-refractivity contribution in [3.05, 3.63) is 28.8 Å². The van der Waals surface area contributed by atoms with Crippen LogP contribution in [0, 0.1) is 5.92 Å². The van der Waals surface area contributed by atoms with Gasteiger partial charge in [-0.1, -0.05) is 11.6 Å². The van der Waals surface area contributed by atoms with Gasteiger partial charge in [0.15, 0.2) is 0 Å². The van der Waals surface area contributed by atoms with Crippen molar-refractivity contribution in [1.29, 1.82) is 0 Å². The van der Waals surface area contributed by atoms with Crippen LogP contribution in [0.2, 0.25) is 5.02 Å². The number of carbonyl (C=O) groups excluding carboxylic acids is 1. The first-order valence-electron chi connectivity index (χ1n) is 8.20. The summed E-state index contributed by atoms with van der Waals surface area (Å²) in [6, 6.07) is 5.64. The van der Waals surface area contributed by atoms with Gasteiger partial charge >= 0.3 is 5.97 Å². The Kier molecular flexibility index (Phi) is 4.56. The maximum absolute atomic E-state index is 11.8. The molecule has 0 saturated carbocycles. The van der Waals surface area contributed by atoms with Gasteiger partial charge in [-0.05, 0) is 51.8 Å². The normalized spacial score (nSPS) is 28.3. The standard InChI is InChI=1S/C18H23ClO4/c1-4-21-16(20)10-12-6-7-14-17(22-12)13-9-11(19)5-8-15(13)23-18(14,2)3/h5,8-9,12,14,17H,4,6-7,10H2,1-3H3/t12-,14+,17-/m1/s1. The molecule has 3 rings (SSSR count). The molecule has 0 N–H and O–H groups in total. The van der Waals surface area contributed by atoms with Gasteiger partial charge in [-0.15, -0.1) is 0 Å². The molecule has 5 heteroatoms. The lowest BCUT2D eigenvalue weighted by Crippen LogP contribution is -2.48. The predicted octanol–water partition coefficient (Wildman–Crippen LogP) is 4.30. The van der Waals surface area contributed by atoms with Crippen LogP contribution in [0.3, 0.4) is 0 Å². The number of hydrogen-bond donors (Lipinski definition) is 0. The van der Waals surface area contributed by atoms with Crippen LogP contribution in [0.4, 0.5) is 0 Å². The zero-order valence-electron chi connectivity index (χ0n) is 13.8. The van der Waals surface area contributed by atoms with Gasteiger partial charge < -0.3 is 14.2 Å². The van der Waals surface area contributed by atoms with E-state index in [1.165, 1.54) is 0 Å². The lowest BCUT2D eigenvalue weighted by atomic mass is 9.75. The molecule has 0 radical (unpaired) electrons. The molecule has 2 heterocycles. The molecule has 126 valence electrons. The van der Waals surface area contributed by atoms with Crippen LogP contribution in [0.25, 0.3) is 0 Å². The molecule has 2 aliphatic rings. The summed E-state index contributed by atoms with van der Waals surface area (Å²) in [7, 11) is 0. The van der Waals surface area contributed by atoms with Gasteiger partial charge in [-0.2, -0.15) is 0 Å². The largest absolute Gasteiger partial charge is 0.487 e. The monoisotopic (exact) mass is 338 g/mol. The van der Waals surface area contributed by atoms with E-state index in [1.54, 1.807) is 0 Å². The van der Waals surface area contributed by atoms with Crippen LogP contribution >= 0.6 is 11.6 Å². The fourth-order valence-corrected chi connectivity index (χ4v) is 3.82. The number of fused-ring (bicyclic) bond motifs is 3. The van der Waals surface area contributed by atoms with Crippen molar-refractivity contribution in [2.24, 2.45) is 5.92 Å². The molecule has 4 nitrogen and oxygen atoms in total. The third kappa shape index (κ3) is 3.33. The molecule has 0 amide bonds. The van der Waals surface area contributed by atoms with Crippen LogP contribution in [0.15, 0.2) is 18.2 Å². The molecule has 2 aliphatic heterocycles. The number of rotatable bonds is 3. The highest BCUT2D eigenvalue weighted by Crippen LogP contribution is 2.51. The Balaban J connectivity index is 1.84. The number of ether oxygens (including phenoxy) is 3. The Morgan fingerprint density at radius 1 is 1.39 bits per heavy atom. The van der Waals surface area contributed by atoms with E-state index < -0.39 is 0 Å². The van der Waals surface area contributed by atoms with Crippen LogP contribution in [-0.2, 0) is 14.3 Å². The number of benzene rings is 1. The smallest absolute Gasteiger partial charge is 0.308 e. The van der Waals surface area contributed by atoms with E-state index in [0.29, 0.717) is 18.1 Å². The average Bonchev–Trinajstić information content (AvgIpc) is 2.48. The highest BCUT2D eigenvalue weighted by atomic mass is 35.5. The summed E-state index contributed by atoms with van der Waals surface area (Å²) in [6.45, 7) is 6.40. The van der Waals surface area contributed by atoms with Crippen LogP contribution in [0.5, 0.6) is 5.75 Å². The maximum Gasteiger partial charge on any atom is 0.308 e. The number of hydrogen-bond acceptors (Lipinski definition) is 4. The molecular formula is C18H23ClO4. The second kappa shape index (κ2) is 6.33. The molecular weight excluding hydrogens is 316 g/mol. The fraction of sp³-hybridized carbons (Fsp3) is 0.611. The van der Waals surface area contributed by atoms with Crippen molar-refractivity contribution >= 4 is 17.6 Å². The molecule has 1 aromatic carbocycles. The SMILES string of the molecule is CCOC(=O)C[C@H]1CC[C@H]2[C@H](O1)c1cc(Cl)ccc1OC2(C)C. The van der Waals surface area contributed by atoms with E-state index in [-0.39, 0.29) is 29.7 Å². The van der Waals surface area contributed by atoms with Gasteiger partial charge in [0.2, 0.25) is 0 Å². The molecule has 0 spiro atoms. The van der Waals surface area contributed by atoms with Crippen molar-refractivity contribution in [3.63, 3.8) is 0 Å². The summed E-state index contributed by atoms with van der Waals surface area (Å²) >= 11 is 6.16. The first-order chi connectivity index (χ1) is 10.9. The predicted molar refractivity (Wildman–Crippen MR) is 87.7 cm³/mol. The summed E-state index contributed by atoms with van der Waals surface area (Å²) in [6.07, 6.45) is 1.88. The molecule has 1 aromatic rings. The molecule has 0 bridgehead atoms. The number of halogens is 1. The summed E-state index contributed by atoms with van der Waals surface area (Å²) in [5, 5.41) is 0.668. The second-order valence-electron chi connectivity index (χ2n) is 6.76. The molecule has 0 aromatic heterocycles. The molecule has 23 heavy (non-hydrogen) atoms. The van der Waals surface area contributed by atoms with Crippen molar-refractivity contribution in [2.75, 3.05) is 6.61 Å². The Labute approximate surface area is 142 Å². The van der Waals surface area contributed by atoms with E-state index in [1.807, 2.05) is 25.1 Å². The van der Waals surface area contributed by atoms with E-state index in [2.05, 4.69) is 13.8 Å². The number of carbonyl (C=O) groups is 1. The zero-order chi connectivity index (χ0) is 16.6. The third-order valence-corrected chi connectivity index (χ3v) is 4.98. The topological polar surface area (TPSA) is 44.8 Å². The maximum atomic E-state index is 11.8. The Morgan fingerprint density at radius 3 is 2.91 bits per heavy atom. The van der Waals surface area contributed by atoms with Gasteiger partial charge in [0.05, 0.1) is 25.2 Å². The minimum Gasteiger partial charge on any atom is -0.487 e. The Morgan fingerprint density at radius 2 is 2.17 bits per heavy atom. The quantitative estimate of drug-likeness (QED) is 0.771. The molecule has 0 aliphatic carbocycles. The minimum absolute atomic E-state index is 0.0966. The summed E-state index contributed by atoms with van der Waals surface area (Å²) in [5.41, 5.74) is 0.677. The van der Waals surface area contributed by atoms with Crippen molar-refractivity contribution in [3.8, 4) is 5.75 Å². The van der Waals surface area contributed by atoms with Crippen LogP contribution in [-0.4, -0.2) is 24.3 Å². The van der Waals surface area contributed by atoms with Gasteiger partial charge in [-0.3, -0.25) is 4.79 Å². The molecule has 0 unspecified atom stereocenters. The first-order valence-corrected chi connectivity index (χ1v) is 8.58.